The maximum atomic E-state index is 12.6. The number of urea groups is 1. The number of amides is 2. The molecule has 2 saturated heterocycles. The van der Waals surface area contributed by atoms with Gasteiger partial charge in [0.2, 0.25) is 10.0 Å². The third-order valence-corrected chi connectivity index (χ3v) is 8.16. The number of ether oxygens (including phenoxy) is 1. The lowest BCUT2D eigenvalue weighted by Crippen LogP contribution is -2.52. The molecule has 174 valence electrons. The highest BCUT2D eigenvalue weighted by molar-refractivity contribution is 7.90. The van der Waals surface area contributed by atoms with E-state index in [-0.39, 0.29) is 30.3 Å². The molecule has 0 bridgehead atoms. The maximum absolute atomic E-state index is 12.6. The fourth-order valence-electron chi connectivity index (χ4n) is 4.07. The molecule has 2 aliphatic heterocycles. The highest BCUT2D eigenvalue weighted by atomic mass is 32.2. The second-order valence-corrected chi connectivity index (χ2v) is 11.3. The average molecular weight is 453 g/mol. The summed E-state index contributed by atoms with van der Waals surface area (Å²) in [6, 6.07) is 7.93. The second kappa shape index (κ2) is 9.75. The molecule has 0 spiro atoms. The van der Waals surface area contributed by atoms with Gasteiger partial charge >= 0.3 is 6.03 Å². The Bertz CT molecular complexity index is 851. The van der Waals surface area contributed by atoms with E-state index in [0.717, 1.165) is 17.9 Å². The van der Waals surface area contributed by atoms with Crippen LogP contribution in [0.15, 0.2) is 24.3 Å². The van der Waals surface area contributed by atoms with Crippen LogP contribution < -0.4 is 14.9 Å². The van der Waals surface area contributed by atoms with Crippen molar-refractivity contribution in [2.45, 2.75) is 77.0 Å². The number of piperidine rings is 1. The minimum absolute atomic E-state index is 0.115. The van der Waals surface area contributed by atoms with Crippen molar-refractivity contribution in [3.63, 3.8) is 0 Å². The van der Waals surface area contributed by atoms with Crippen molar-refractivity contribution in [3.05, 3.63) is 24.3 Å². The highest BCUT2D eigenvalue weighted by Crippen LogP contribution is 2.26. The lowest BCUT2D eigenvalue weighted by Gasteiger charge is -2.42. The molecular weight excluding hydrogens is 416 g/mol. The number of nitrogens with one attached hydrogen (secondary N) is 2. The number of morpholine rings is 1. The van der Waals surface area contributed by atoms with Gasteiger partial charge in [0.15, 0.2) is 0 Å². The predicted octanol–water partition coefficient (Wildman–Crippen LogP) is 3.01. The molecule has 0 aliphatic carbocycles. The van der Waals surface area contributed by atoms with Crippen LogP contribution in [-0.4, -0.2) is 68.5 Å². The van der Waals surface area contributed by atoms with Gasteiger partial charge < -0.3 is 19.9 Å². The van der Waals surface area contributed by atoms with Crippen LogP contribution in [0.4, 0.5) is 16.2 Å². The fraction of sp³-hybridized carbons (Fsp3) is 0.682. The van der Waals surface area contributed by atoms with E-state index in [1.54, 1.807) is 18.7 Å². The maximum Gasteiger partial charge on any atom is 0.321 e. The smallest absolute Gasteiger partial charge is 0.321 e. The normalized spacial score (nSPS) is 25.7. The number of benzene rings is 1. The molecule has 0 radical (unpaired) electrons. The van der Waals surface area contributed by atoms with Crippen molar-refractivity contribution in [1.29, 1.82) is 0 Å². The number of likely N-dealkylation sites (tertiary alicyclic amines) is 1. The fourth-order valence-corrected chi connectivity index (χ4v) is 5.04. The van der Waals surface area contributed by atoms with Gasteiger partial charge in [0.25, 0.3) is 0 Å². The van der Waals surface area contributed by atoms with E-state index in [0.29, 0.717) is 25.9 Å². The lowest BCUT2D eigenvalue weighted by atomic mass is 10.1. The van der Waals surface area contributed by atoms with E-state index in [1.165, 1.54) is 0 Å². The van der Waals surface area contributed by atoms with Crippen LogP contribution in [0, 0.1) is 0 Å². The van der Waals surface area contributed by atoms with Gasteiger partial charge in [-0.2, -0.15) is 0 Å². The average Bonchev–Trinajstić information content (AvgIpc) is 2.71. The summed E-state index contributed by atoms with van der Waals surface area (Å²) in [5, 5.41) is 2.50. The first-order valence-corrected chi connectivity index (χ1v) is 12.7. The Balaban J connectivity index is 1.52. The van der Waals surface area contributed by atoms with Gasteiger partial charge in [0.05, 0.1) is 23.5 Å². The van der Waals surface area contributed by atoms with Crippen LogP contribution >= 0.6 is 0 Å². The first-order valence-electron chi connectivity index (χ1n) is 11.2. The summed E-state index contributed by atoms with van der Waals surface area (Å²) in [7, 11) is -3.29. The van der Waals surface area contributed by atoms with Gasteiger partial charge in [-0.3, -0.25) is 0 Å². The number of rotatable bonds is 5. The molecule has 2 N–H and O–H groups in total. The van der Waals surface area contributed by atoms with E-state index in [4.69, 9.17) is 4.74 Å². The Kier molecular flexibility index (Phi) is 7.49. The van der Waals surface area contributed by atoms with Crippen LogP contribution in [0.1, 0.15) is 47.5 Å². The zero-order valence-electron chi connectivity index (χ0n) is 19.2. The summed E-state index contributed by atoms with van der Waals surface area (Å²) in [5.41, 5.74) is 1.86. The number of nitrogens with zero attached hydrogens (tertiary/aromatic N) is 2. The van der Waals surface area contributed by atoms with Gasteiger partial charge in [0.1, 0.15) is 0 Å². The molecule has 31 heavy (non-hydrogen) atoms. The first-order chi connectivity index (χ1) is 14.6. The van der Waals surface area contributed by atoms with Crippen molar-refractivity contribution in [2.24, 2.45) is 0 Å². The lowest BCUT2D eigenvalue weighted by molar-refractivity contribution is -0.0257. The molecule has 1 aromatic rings. The monoisotopic (exact) mass is 452 g/mol. The van der Waals surface area contributed by atoms with Crippen LogP contribution in [0.2, 0.25) is 0 Å². The quantitative estimate of drug-likeness (QED) is 0.717. The molecule has 0 saturated carbocycles. The SMILES string of the molecule is CC1CN(c2ccc(NC(=O)N3CCC(NS(=O)(=O)C(C)C)CC3)cc2)C(C)C(C)O1. The molecular formula is C22H36N4O4S. The van der Waals surface area contributed by atoms with E-state index < -0.39 is 15.3 Å². The van der Waals surface area contributed by atoms with Crippen LogP contribution in [0.5, 0.6) is 0 Å². The predicted molar refractivity (Wildman–Crippen MR) is 124 cm³/mol. The topological polar surface area (TPSA) is 91.0 Å². The van der Waals surface area contributed by atoms with Crippen molar-refractivity contribution in [1.82, 2.24) is 9.62 Å². The molecule has 8 nitrogen and oxygen atoms in total. The summed E-state index contributed by atoms with van der Waals surface area (Å²) < 4.78 is 32.7. The highest BCUT2D eigenvalue weighted by Gasteiger charge is 2.30. The van der Waals surface area contributed by atoms with Gasteiger partial charge in [-0.05, 0) is 71.7 Å². The number of anilines is 2. The van der Waals surface area contributed by atoms with Crippen molar-refractivity contribution >= 4 is 27.4 Å². The Morgan fingerprint density at radius 3 is 2.29 bits per heavy atom. The third kappa shape index (κ3) is 5.90. The van der Waals surface area contributed by atoms with E-state index >= 15 is 0 Å². The van der Waals surface area contributed by atoms with Crippen molar-refractivity contribution in [3.8, 4) is 0 Å². The van der Waals surface area contributed by atoms with Gasteiger partial charge in [-0.25, -0.2) is 17.9 Å². The standard InChI is InChI=1S/C22H36N4O4S/c1-15(2)31(28,29)24-20-10-12-25(13-11-20)22(27)23-19-6-8-21(9-7-19)26-14-16(3)30-18(5)17(26)4/h6-9,15-18,20,24H,10-14H2,1-5H3,(H,23,27). The summed E-state index contributed by atoms with van der Waals surface area (Å²) >= 11 is 0. The second-order valence-electron chi connectivity index (χ2n) is 8.99. The molecule has 2 heterocycles. The Hall–Kier alpha value is -1.84. The number of carbonyl (C=O) groups is 1. The number of hydrogen-bond donors (Lipinski definition) is 2. The summed E-state index contributed by atoms with van der Waals surface area (Å²) in [6.07, 6.45) is 1.57. The van der Waals surface area contributed by atoms with Crippen LogP contribution in [-0.2, 0) is 14.8 Å². The number of carbonyl (C=O) groups excluding carboxylic acids is 1. The summed E-state index contributed by atoms with van der Waals surface area (Å²) in [4.78, 5) is 16.7. The first kappa shape index (κ1) is 23.8. The van der Waals surface area contributed by atoms with Gasteiger partial charge in [-0.1, -0.05) is 0 Å². The van der Waals surface area contributed by atoms with E-state index in [9.17, 15) is 13.2 Å². The Morgan fingerprint density at radius 2 is 1.71 bits per heavy atom. The van der Waals surface area contributed by atoms with Crippen LogP contribution in [0.3, 0.4) is 0 Å². The van der Waals surface area contributed by atoms with Gasteiger partial charge in [0, 0.05) is 37.1 Å². The minimum Gasteiger partial charge on any atom is -0.372 e. The van der Waals surface area contributed by atoms with Crippen molar-refractivity contribution < 1.29 is 17.9 Å². The number of hydrogen-bond acceptors (Lipinski definition) is 5. The molecule has 3 unspecified atom stereocenters. The Labute approximate surface area is 186 Å². The largest absolute Gasteiger partial charge is 0.372 e. The van der Waals surface area contributed by atoms with E-state index in [1.807, 2.05) is 24.3 Å². The van der Waals surface area contributed by atoms with Crippen LogP contribution in [0.25, 0.3) is 0 Å². The molecule has 1 aromatic carbocycles. The molecule has 9 heteroatoms. The summed E-state index contributed by atoms with van der Waals surface area (Å²) in [6.45, 7) is 11.6. The third-order valence-electron chi connectivity index (χ3n) is 6.26. The Morgan fingerprint density at radius 1 is 1.10 bits per heavy atom. The molecule has 2 amide bonds. The molecule has 3 rings (SSSR count). The zero-order chi connectivity index (χ0) is 22.8. The van der Waals surface area contributed by atoms with Gasteiger partial charge in [-0.15, -0.1) is 0 Å². The molecule has 3 atom stereocenters. The zero-order valence-corrected chi connectivity index (χ0v) is 20.0. The minimum atomic E-state index is -3.29. The number of sulfonamides is 1. The molecule has 0 aromatic heterocycles. The molecule has 2 fully saturated rings. The van der Waals surface area contributed by atoms with E-state index in [2.05, 4.69) is 35.7 Å². The van der Waals surface area contributed by atoms with Crippen molar-refractivity contribution in [2.75, 3.05) is 29.9 Å². The summed E-state index contributed by atoms with van der Waals surface area (Å²) in [5.74, 6) is 0. The molecule has 2 aliphatic rings.